The highest BCUT2D eigenvalue weighted by atomic mass is 16.8. The second kappa shape index (κ2) is 50.5. The molecule has 17 unspecified atom stereocenters. The van der Waals surface area contributed by atoms with Crippen molar-refractivity contribution in [3.05, 3.63) is 85.1 Å². The summed E-state index contributed by atoms with van der Waals surface area (Å²) < 4.78 is 34.3. The van der Waals surface area contributed by atoms with Gasteiger partial charge in [-0.1, -0.05) is 221 Å². The highest BCUT2D eigenvalue weighted by Gasteiger charge is 2.53. The molecule has 508 valence electrons. The summed E-state index contributed by atoms with van der Waals surface area (Å²) in [4.78, 5) is 13.3. The first-order valence-electron chi connectivity index (χ1n) is 33.8. The summed E-state index contributed by atoms with van der Waals surface area (Å²) in [5.41, 5.74) is 0. The number of ether oxygens (including phenoxy) is 6. The summed E-state index contributed by atoms with van der Waals surface area (Å²) in [6.45, 7) is 1.55. The molecule has 12 N–H and O–H groups in total. The molecule has 0 aliphatic carbocycles. The number of hydrogen-bond donors (Lipinski definition) is 12. The van der Waals surface area contributed by atoms with Gasteiger partial charge in [0.15, 0.2) is 18.9 Å². The highest BCUT2D eigenvalue weighted by molar-refractivity contribution is 5.76. The van der Waals surface area contributed by atoms with Crippen LogP contribution in [0, 0.1) is 0 Å². The molecule has 3 aliphatic rings. The van der Waals surface area contributed by atoms with Crippen LogP contribution in [0.4, 0.5) is 0 Å². The summed E-state index contributed by atoms with van der Waals surface area (Å²) in [6, 6.07) is -1.03. The van der Waals surface area contributed by atoms with Crippen molar-refractivity contribution < 1.29 is 89.4 Å². The molecule has 0 aromatic heterocycles. The van der Waals surface area contributed by atoms with Crippen molar-refractivity contribution in [2.24, 2.45) is 0 Å². The Balaban J connectivity index is 1.47. The van der Waals surface area contributed by atoms with Gasteiger partial charge in [-0.2, -0.15) is 0 Å². The summed E-state index contributed by atoms with van der Waals surface area (Å²) >= 11 is 0. The summed E-state index contributed by atoms with van der Waals surface area (Å²) in [6.07, 6.45) is 37.2. The van der Waals surface area contributed by atoms with Crippen molar-refractivity contribution in [1.29, 1.82) is 0 Å². The first-order chi connectivity index (χ1) is 42.8. The normalized spacial score (nSPS) is 28.9. The van der Waals surface area contributed by atoms with Crippen molar-refractivity contribution in [2.75, 3.05) is 26.4 Å². The number of allylic oxidation sites excluding steroid dienone is 13. The van der Waals surface area contributed by atoms with Gasteiger partial charge < -0.3 is 89.9 Å². The molecule has 3 heterocycles. The van der Waals surface area contributed by atoms with Gasteiger partial charge in [0.05, 0.1) is 38.6 Å². The molecule has 0 aromatic rings. The highest BCUT2D eigenvalue weighted by Crippen LogP contribution is 2.33. The van der Waals surface area contributed by atoms with Crippen molar-refractivity contribution in [3.8, 4) is 0 Å². The van der Waals surface area contributed by atoms with Crippen molar-refractivity contribution >= 4 is 5.91 Å². The Morgan fingerprint density at radius 1 is 0.420 bits per heavy atom. The molecular weight excluding hydrogens is 1130 g/mol. The quantitative estimate of drug-likeness (QED) is 0.0201. The van der Waals surface area contributed by atoms with Gasteiger partial charge in [0.1, 0.15) is 73.2 Å². The van der Waals surface area contributed by atoms with Crippen LogP contribution in [-0.2, 0) is 33.2 Å². The maximum absolute atomic E-state index is 13.3. The van der Waals surface area contributed by atoms with Crippen molar-refractivity contribution in [3.63, 3.8) is 0 Å². The number of aliphatic hydroxyl groups excluding tert-OH is 11. The number of nitrogens with one attached hydrogen (secondary N) is 1. The molecule has 3 saturated heterocycles. The number of hydrogen-bond acceptors (Lipinski definition) is 18. The minimum absolute atomic E-state index is 0.153. The van der Waals surface area contributed by atoms with E-state index in [0.29, 0.717) is 19.3 Å². The minimum atomic E-state index is -1.99. The fraction of sp³-hybridized carbons (Fsp3) is 0.783. The Morgan fingerprint density at radius 3 is 1.27 bits per heavy atom. The molecule has 0 saturated carbocycles. The monoisotopic (exact) mass is 1250 g/mol. The van der Waals surface area contributed by atoms with Crippen LogP contribution in [0.2, 0.25) is 0 Å². The van der Waals surface area contributed by atoms with Gasteiger partial charge in [-0.05, 0) is 70.6 Å². The molecule has 19 nitrogen and oxygen atoms in total. The lowest BCUT2D eigenvalue weighted by Crippen LogP contribution is -2.66. The van der Waals surface area contributed by atoms with E-state index >= 15 is 0 Å². The van der Waals surface area contributed by atoms with E-state index in [1.165, 1.54) is 122 Å². The SMILES string of the molecule is CC/C=C\C/C=C\C/C=C\C/C=C\C/C=C\CCCC(=O)NC(COC1OC(CO)C(OC2OC(CO)C(OC3OC(CO)C(O)C(O)C3O)C(O)C2O)C(O)C1O)C(O)/C=C/CC/C=C/CCCCCCCCCCCCCCCCCCCCCC. The average molecular weight is 1250 g/mol. The van der Waals surface area contributed by atoms with Gasteiger partial charge in [-0.3, -0.25) is 4.79 Å². The van der Waals surface area contributed by atoms with Gasteiger partial charge in [-0.25, -0.2) is 0 Å². The van der Waals surface area contributed by atoms with E-state index in [1.807, 2.05) is 12.2 Å². The molecule has 19 heteroatoms. The second-order valence-corrected chi connectivity index (χ2v) is 23.9. The third-order valence-electron chi connectivity index (χ3n) is 16.4. The van der Waals surface area contributed by atoms with E-state index < -0.39 is 131 Å². The van der Waals surface area contributed by atoms with Crippen LogP contribution >= 0.6 is 0 Å². The molecule has 1 amide bonds. The number of carbonyl (C=O) groups is 1. The fourth-order valence-corrected chi connectivity index (χ4v) is 10.9. The summed E-state index contributed by atoms with van der Waals surface area (Å²) in [5.74, 6) is -0.344. The van der Waals surface area contributed by atoms with Gasteiger partial charge >= 0.3 is 0 Å². The molecule has 0 aromatic carbocycles. The van der Waals surface area contributed by atoms with Crippen LogP contribution in [0.15, 0.2) is 85.1 Å². The third-order valence-corrected chi connectivity index (χ3v) is 16.4. The van der Waals surface area contributed by atoms with Crippen LogP contribution in [0.3, 0.4) is 0 Å². The fourth-order valence-electron chi connectivity index (χ4n) is 10.9. The van der Waals surface area contributed by atoms with Crippen molar-refractivity contribution in [1.82, 2.24) is 5.32 Å². The minimum Gasteiger partial charge on any atom is -0.394 e. The molecule has 0 bridgehead atoms. The Kier molecular flexibility index (Phi) is 45.5. The third kappa shape index (κ3) is 32.5. The lowest BCUT2D eigenvalue weighted by Gasteiger charge is -2.48. The first-order valence-corrected chi connectivity index (χ1v) is 33.8. The number of aliphatic hydroxyl groups is 11. The predicted octanol–water partition coefficient (Wildman–Crippen LogP) is 8.32. The van der Waals surface area contributed by atoms with Gasteiger partial charge in [0, 0.05) is 6.42 Å². The number of amides is 1. The number of carbonyl (C=O) groups excluding carboxylic acids is 1. The molecule has 3 rings (SSSR count). The van der Waals surface area contributed by atoms with Crippen LogP contribution in [0.25, 0.3) is 0 Å². The smallest absolute Gasteiger partial charge is 0.220 e. The lowest BCUT2D eigenvalue weighted by atomic mass is 9.96. The van der Waals surface area contributed by atoms with E-state index in [2.05, 4.69) is 86.0 Å². The topological polar surface area (TPSA) is 307 Å². The standard InChI is InChI=1S/C69H119NO18/c1-3-5-7-9-11-13-15-17-19-21-22-23-24-25-26-27-28-29-31-32-34-36-38-40-42-44-46-53(74)52(70-57(75)47-45-43-41-39-37-35-33-30-20-18-16-14-12-10-8-6-4-2)51-83-67-63(81)60(78)65(55(49-72)85-67)88-69-64(82)61(79)66(56(50-73)86-69)87-68-62(80)59(77)58(76)54(48-71)84-68/h6,8,12,14,18,20,33,35-36,38-39,41,44,46,52-56,58-69,71-74,76-82H,3-5,7,9-11,13,15-17,19,21-32,34,37,40,42-43,45,47-51H2,1-2H3,(H,70,75)/b8-6-,14-12-,20-18-,35-33-,38-36+,41-39-,46-44+. The zero-order valence-corrected chi connectivity index (χ0v) is 53.4. The predicted molar refractivity (Wildman–Crippen MR) is 341 cm³/mol. The Labute approximate surface area is 527 Å². The summed E-state index contributed by atoms with van der Waals surface area (Å²) in [7, 11) is 0. The number of unbranched alkanes of at least 4 members (excludes halogenated alkanes) is 22. The molecule has 0 spiro atoms. The zero-order chi connectivity index (χ0) is 64.0. The van der Waals surface area contributed by atoms with Gasteiger partial charge in [-0.15, -0.1) is 0 Å². The van der Waals surface area contributed by atoms with E-state index in [-0.39, 0.29) is 12.3 Å². The first kappa shape index (κ1) is 79.2. The van der Waals surface area contributed by atoms with E-state index in [1.54, 1.807) is 6.08 Å². The molecule has 17 atom stereocenters. The van der Waals surface area contributed by atoms with Gasteiger partial charge in [0.25, 0.3) is 0 Å². The molecule has 88 heavy (non-hydrogen) atoms. The van der Waals surface area contributed by atoms with Crippen LogP contribution in [-0.4, -0.2) is 193 Å². The number of rotatable bonds is 50. The summed E-state index contributed by atoms with van der Waals surface area (Å²) in [5, 5.41) is 120. The molecular formula is C69H119NO18. The van der Waals surface area contributed by atoms with E-state index in [4.69, 9.17) is 28.4 Å². The second-order valence-electron chi connectivity index (χ2n) is 23.9. The maximum Gasteiger partial charge on any atom is 0.220 e. The van der Waals surface area contributed by atoms with E-state index in [0.717, 1.165) is 51.4 Å². The largest absolute Gasteiger partial charge is 0.394 e. The zero-order valence-electron chi connectivity index (χ0n) is 53.4. The van der Waals surface area contributed by atoms with Crippen molar-refractivity contribution in [2.45, 2.75) is 317 Å². The Morgan fingerprint density at radius 2 is 0.795 bits per heavy atom. The Bertz CT molecular complexity index is 1930. The Hall–Kier alpha value is -3.03. The van der Waals surface area contributed by atoms with Crippen LogP contribution in [0.1, 0.15) is 213 Å². The van der Waals surface area contributed by atoms with Gasteiger partial charge in [0.2, 0.25) is 5.91 Å². The molecule has 3 fully saturated rings. The van der Waals surface area contributed by atoms with Crippen LogP contribution in [0.5, 0.6) is 0 Å². The van der Waals surface area contributed by atoms with Crippen LogP contribution < -0.4 is 5.32 Å². The lowest BCUT2D eigenvalue weighted by molar-refractivity contribution is -0.379. The molecule has 0 radical (unpaired) electrons. The van der Waals surface area contributed by atoms with E-state index in [9.17, 15) is 61.0 Å². The average Bonchev–Trinajstić information content (AvgIpc) is 3.72. The maximum atomic E-state index is 13.3. The molecule has 3 aliphatic heterocycles.